The van der Waals surface area contributed by atoms with Gasteiger partial charge >= 0.3 is 6.09 Å². The number of rotatable bonds is 2. The molecule has 0 radical (unpaired) electrons. The molecule has 0 aromatic heterocycles. The Labute approximate surface area is 132 Å². The smallest absolute Gasteiger partial charge is 0.410 e. The Morgan fingerprint density at radius 2 is 1.90 bits per heavy atom. The number of piperidine rings is 1. The van der Waals surface area contributed by atoms with Crippen LogP contribution in [-0.2, 0) is 11.3 Å². The molecule has 2 saturated heterocycles. The molecule has 2 fully saturated rings. The van der Waals surface area contributed by atoms with E-state index in [4.69, 9.17) is 4.74 Å². The van der Waals surface area contributed by atoms with E-state index < -0.39 is 0 Å². The Morgan fingerprint density at radius 3 is 2.52 bits per heavy atom. The lowest BCUT2D eigenvalue weighted by atomic mass is 9.86. The van der Waals surface area contributed by atoms with E-state index in [2.05, 4.69) is 5.32 Å². The highest BCUT2D eigenvalue weighted by molar-refractivity contribution is 5.85. The van der Waals surface area contributed by atoms with Crippen molar-refractivity contribution in [3.05, 3.63) is 35.9 Å². The number of ether oxygens (including phenoxy) is 1. The van der Waals surface area contributed by atoms with Gasteiger partial charge in [0.1, 0.15) is 6.61 Å². The summed E-state index contributed by atoms with van der Waals surface area (Å²) in [4.78, 5) is 13.9. The second kappa shape index (κ2) is 7.14. The van der Waals surface area contributed by atoms with Crippen LogP contribution in [0.5, 0.6) is 0 Å². The van der Waals surface area contributed by atoms with Crippen molar-refractivity contribution in [3.63, 3.8) is 0 Å². The topological polar surface area (TPSA) is 41.6 Å². The summed E-state index contributed by atoms with van der Waals surface area (Å²) in [5, 5.41) is 3.61. The minimum absolute atomic E-state index is 0. The molecule has 0 saturated carbocycles. The van der Waals surface area contributed by atoms with Crippen molar-refractivity contribution in [1.29, 1.82) is 0 Å². The zero-order valence-electron chi connectivity index (χ0n) is 12.2. The molecule has 3 rings (SSSR count). The van der Waals surface area contributed by atoms with Crippen molar-refractivity contribution in [1.82, 2.24) is 10.2 Å². The zero-order valence-corrected chi connectivity index (χ0v) is 13.0. The van der Waals surface area contributed by atoms with Crippen LogP contribution in [-0.4, -0.2) is 36.2 Å². The molecule has 2 heterocycles. The Hall–Kier alpha value is -1.26. The van der Waals surface area contributed by atoms with Crippen molar-refractivity contribution in [2.75, 3.05) is 19.6 Å². The Morgan fingerprint density at radius 1 is 1.19 bits per heavy atom. The monoisotopic (exact) mass is 310 g/mol. The van der Waals surface area contributed by atoms with Gasteiger partial charge < -0.3 is 15.0 Å². The summed E-state index contributed by atoms with van der Waals surface area (Å²) in [7, 11) is 0. The molecule has 5 heteroatoms. The van der Waals surface area contributed by atoms with Gasteiger partial charge in [0, 0.05) is 18.6 Å². The molecule has 4 nitrogen and oxygen atoms in total. The molecule has 1 N–H and O–H groups in total. The zero-order chi connectivity index (χ0) is 13.8. The van der Waals surface area contributed by atoms with Crippen LogP contribution in [0.15, 0.2) is 30.3 Å². The van der Waals surface area contributed by atoms with Crippen LogP contribution >= 0.6 is 12.4 Å². The summed E-state index contributed by atoms with van der Waals surface area (Å²) < 4.78 is 5.39. The third-order valence-corrected chi connectivity index (χ3v) is 4.52. The second-order valence-electron chi connectivity index (χ2n) is 5.84. The van der Waals surface area contributed by atoms with Gasteiger partial charge in [0.2, 0.25) is 0 Å². The highest BCUT2D eigenvalue weighted by atomic mass is 35.5. The first-order valence-corrected chi connectivity index (χ1v) is 7.48. The van der Waals surface area contributed by atoms with E-state index in [1.807, 2.05) is 35.2 Å². The van der Waals surface area contributed by atoms with Gasteiger partial charge in [-0.25, -0.2) is 4.79 Å². The number of nitrogens with one attached hydrogen (secondary N) is 1. The summed E-state index contributed by atoms with van der Waals surface area (Å²) in [5.74, 6) is 0. The molecular formula is C16H23ClN2O2. The maximum absolute atomic E-state index is 12.1. The molecule has 1 spiro atoms. The maximum Gasteiger partial charge on any atom is 0.410 e. The van der Waals surface area contributed by atoms with Crippen LogP contribution < -0.4 is 5.32 Å². The minimum Gasteiger partial charge on any atom is -0.445 e. The molecule has 0 atom stereocenters. The van der Waals surface area contributed by atoms with Crippen LogP contribution in [0.1, 0.15) is 31.2 Å². The molecular weight excluding hydrogens is 288 g/mol. The summed E-state index contributed by atoms with van der Waals surface area (Å²) in [6.07, 6.45) is 4.43. The molecule has 116 valence electrons. The number of amides is 1. The highest BCUT2D eigenvalue weighted by Crippen LogP contribution is 2.30. The van der Waals surface area contributed by atoms with E-state index in [9.17, 15) is 4.79 Å². The summed E-state index contributed by atoms with van der Waals surface area (Å²) in [6.45, 7) is 3.10. The third kappa shape index (κ3) is 3.89. The molecule has 2 aliphatic heterocycles. The van der Waals surface area contributed by atoms with E-state index in [0.29, 0.717) is 12.1 Å². The van der Waals surface area contributed by atoms with E-state index in [0.717, 1.165) is 38.0 Å². The lowest BCUT2D eigenvalue weighted by Crippen LogP contribution is -2.51. The highest BCUT2D eigenvalue weighted by Gasteiger charge is 2.38. The Kier molecular flexibility index (Phi) is 5.48. The van der Waals surface area contributed by atoms with Gasteiger partial charge in [-0.15, -0.1) is 12.4 Å². The molecule has 2 aliphatic rings. The minimum atomic E-state index is -0.179. The molecule has 0 aliphatic carbocycles. The fourth-order valence-corrected chi connectivity index (χ4v) is 3.22. The van der Waals surface area contributed by atoms with Gasteiger partial charge in [0.15, 0.2) is 0 Å². The largest absolute Gasteiger partial charge is 0.445 e. The van der Waals surface area contributed by atoms with Gasteiger partial charge in [-0.2, -0.15) is 0 Å². The van der Waals surface area contributed by atoms with Gasteiger partial charge in [-0.1, -0.05) is 30.3 Å². The standard InChI is InChI=1S/C16H22N2O2.ClH/c19-15(20-13-14-5-2-1-3-6-14)18-11-8-16(9-12-18)7-4-10-17-16;/h1-3,5-6,17H,4,7-13H2;1H. The predicted molar refractivity (Wildman–Crippen MR) is 84.6 cm³/mol. The Bertz CT molecular complexity index is 451. The van der Waals surface area contributed by atoms with Crippen LogP contribution in [0.3, 0.4) is 0 Å². The number of hydrogen-bond donors (Lipinski definition) is 1. The first-order chi connectivity index (χ1) is 9.77. The number of halogens is 1. The number of likely N-dealkylation sites (tertiary alicyclic amines) is 1. The first kappa shape index (κ1) is 16.1. The molecule has 0 unspecified atom stereocenters. The fourth-order valence-electron chi connectivity index (χ4n) is 3.22. The van der Waals surface area contributed by atoms with Crippen LogP contribution in [0, 0.1) is 0 Å². The lowest BCUT2D eigenvalue weighted by molar-refractivity contribution is 0.0754. The van der Waals surface area contributed by atoms with Crippen molar-refractivity contribution in [2.45, 2.75) is 37.8 Å². The van der Waals surface area contributed by atoms with Crippen molar-refractivity contribution in [3.8, 4) is 0 Å². The quantitative estimate of drug-likeness (QED) is 0.913. The maximum atomic E-state index is 12.1. The average Bonchev–Trinajstić information content (AvgIpc) is 2.95. The fraction of sp³-hybridized carbons (Fsp3) is 0.562. The Balaban J connectivity index is 0.00000161. The first-order valence-electron chi connectivity index (χ1n) is 7.48. The molecule has 1 amide bonds. The SMILES string of the molecule is Cl.O=C(OCc1ccccc1)N1CCC2(CCCN2)CC1. The number of carbonyl (C=O) groups is 1. The van der Waals surface area contributed by atoms with Gasteiger partial charge in [-0.3, -0.25) is 0 Å². The number of benzene rings is 1. The summed E-state index contributed by atoms with van der Waals surface area (Å²) >= 11 is 0. The number of hydrogen-bond acceptors (Lipinski definition) is 3. The lowest BCUT2D eigenvalue weighted by Gasteiger charge is -2.39. The van der Waals surface area contributed by atoms with E-state index in [-0.39, 0.29) is 18.5 Å². The molecule has 1 aromatic rings. The molecule has 21 heavy (non-hydrogen) atoms. The molecule has 0 bridgehead atoms. The van der Waals surface area contributed by atoms with Crippen molar-refractivity contribution >= 4 is 18.5 Å². The van der Waals surface area contributed by atoms with Crippen molar-refractivity contribution in [2.24, 2.45) is 0 Å². The normalized spacial score (nSPS) is 20.1. The van der Waals surface area contributed by atoms with Gasteiger partial charge in [-0.05, 0) is 37.8 Å². The average molecular weight is 311 g/mol. The van der Waals surface area contributed by atoms with E-state index >= 15 is 0 Å². The van der Waals surface area contributed by atoms with Crippen LogP contribution in [0.4, 0.5) is 4.79 Å². The van der Waals surface area contributed by atoms with Crippen LogP contribution in [0.25, 0.3) is 0 Å². The van der Waals surface area contributed by atoms with E-state index in [1.54, 1.807) is 0 Å². The number of carbonyl (C=O) groups excluding carboxylic acids is 1. The number of nitrogens with zero attached hydrogens (tertiary/aromatic N) is 1. The van der Waals surface area contributed by atoms with Crippen molar-refractivity contribution < 1.29 is 9.53 Å². The third-order valence-electron chi connectivity index (χ3n) is 4.52. The van der Waals surface area contributed by atoms with E-state index in [1.165, 1.54) is 12.8 Å². The predicted octanol–water partition coefficient (Wildman–Crippen LogP) is 2.96. The summed E-state index contributed by atoms with van der Waals surface area (Å²) in [6, 6.07) is 9.82. The van der Waals surface area contributed by atoms with Crippen LogP contribution in [0.2, 0.25) is 0 Å². The van der Waals surface area contributed by atoms with Gasteiger partial charge in [0.25, 0.3) is 0 Å². The summed E-state index contributed by atoms with van der Waals surface area (Å²) in [5.41, 5.74) is 1.34. The second-order valence-corrected chi connectivity index (χ2v) is 5.84. The van der Waals surface area contributed by atoms with Gasteiger partial charge in [0.05, 0.1) is 0 Å². The molecule has 1 aromatic carbocycles.